The first kappa shape index (κ1) is 15.4. The van der Waals surface area contributed by atoms with Crippen LogP contribution >= 0.6 is 0 Å². The van der Waals surface area contributed by atoms with Crippen molar-refractivity contribution in [2.45, 2.75) is 26.8 Å². The molecule has 124 valence electrons. The number of hydrogen-bond acceptors (Lipinski definition) is 2. The molecule has 1 aromatic heterocycles. The van der Waals surface area contributed by atoms with Crippen LogP contribution in [0, 0.1) is 11.8 Å². The predicted octanol–water partition coefficient (Wildman–Crippen LogP) is 3.01. The molecule has 0 unspecified atom stereocenters. The molecule has 2 aromatic carbocycles. The van der Waals surface area contributed by atoms with Gasteiger partial charge >= 0.3 is 5.63 Å². The molecule has 0 radical (unpaired) electrons. The van der Waals surface area contributed by atoms with E-state index < -0.39 is 0 Å². The molecule has 3 heteroatoms. The van der Waals surface area contributed by atoms with Gasteiger partial charge in [0.2, 0.25) is 0 Å². The van der Waals surface area contributed by atoms with E-state index in [0.717, 1.165) is 29.3 Å². The minimum absolute atomic E-state index is 0.245. The Morgan fingerprint density at radius 3 is 2.62 bits per heavy atom. The molecule has 1 saturated heterocycles. The minimum atomic E-state index is -0.245. The highest BCUT2D eigenvalue weighted by Crippen LogP contribution is 2.27. The van der Waals surface area contributed by atoms with Crippen LogP contribution in [0.3, 0.4) is 0 Å². The molecule has 24 heavy (non-hydrogen) atoms. The van der Waals surface area contributed by atoms with Gasteiger partial charge in [-0.2, -0.15) is 0 Å². The quantitative estimate of drug-likeness (QED) is 0.581. The third-order valence-corrected chi connectivity index (χ3v) is 5.23. The fourth-order valence-corrected chi connectivity index (χ4v) is 4.50. The standard InChI is InChI=1S/C21H23NO2/c1-14-9-15(2)12-22(11-14)13-17-10-20(23)24-19-8-7-16-5-3-4-6-18(16)21(17)19/h3-8,10,14-15H,9,11-13H2,1-2H3/p+1/t14-,15-/m1/s1. The second-order valence-electron chi connectivity index (χ2n) is 7.53. The molecule has 3 nitrogen and oxygen atoms in total. The van der Waals surface area contributed by atoms with E-state index in [1.807, 2.05) is 18.2 Å². The normalized spacial score (nSPS) is 24.5. The van der Waals surface area contributed by atoms with Crippen molar-refractivity contribution in [2.75, 3.05) is 13.1 Å². The molecule has 0 spiro atoms. The van der Waals surface area contributed by atoms with E-state index in [-0.39, 0.29) is 5.63 Å². The molecule has 0 saturated carbocycles. The molecule has 1 aliphatic heterocycles. The summed E-state index contributed by atoms with van der Waals surface area (Å²) in [4.78, 5) is 13.6. The Morgan fingerprint density at radius 2 is 1.83 bits per heavy atom. The molecule has 0 aliphatic carbocycles. The molecule has 0 bridgehead atoms. The van der Waals surface area contributed by atoms with Gasteiger partial charge in [-0.15, -0.1) is 0 Å². The van der Waals surface area contributed by atoms with Crippen LogP contribution in [0.25, 0.3) is 21.7 Å². The first-order valence-electron chi connectivity index (χ1n) is 8.88. The van der Waals surface area contributed by atoms with Gasteiger partial charge in [-0.3, -0.25) is 0 Å². The van der Waals surface area contributed by atoms with Gasteiger partial charge in [0, 0.05) is 28.9 Å². The number of benzene rings is 2. The second kappa shape index (κ2) is 6.06. The topological polar surface area (TPSA) is 34.7 Å². The Hall–Kier alpha value is -2.13. The third-order valence-electron chi connectivity index (χ3n) is 5.23. The highest BCUT2D eigenvalue weighted by atomic mass is 16.4. The molecule has 3 aromatic rings. The summed E-state index contributed by atoms with van der Waals surface area (Å²) in [5.41, 5.74) is 1.58. The van der Waals surface area contributed by atoms with Gasteiger partial charge in [0.25, 0.3) is 0 Å². The van der Waals surface area contributed by atoms with Gasteiger partial charge in [0.05, 0.1) is 13.1 Å². The van der Waals surface area contributed by atoms with E-state index in [2.05, 4.69) is 32.0 Å². The summed E-state index contributed by atoms with van der Waals surface area (Å²) < 4.78 is 5.48. The first-order valence-corrected chi connectivity index (χ1v) is 8.88. The van der Waals surface area contributed by atoms with E-state index >= 15 is 0 Å². The van der Waals surface area contributed by atoms with Crippen LogP contribution in [-0.4, -0.2) is 13.1 Å². The van der Waals surface area contributed by atoms with Crippen LogP contribution in [0.1, 0.15) is 25.8 Å². The Morgan fingerprint density at radius 1 is 1.08 bits per heavy atom. The number of piperidine rings is 1. The van der Waals surface area contributed by atoms with Crippen molar-refractivity contribution in [1.29, 1.82) is 0 Å². The molecule has 4 rings (SSSR count). The zero-order valence-electron chi connectivity index (χ0n) is 14.3. The number of hydrogen-bond donors (Lipinski definition) is 1. The Kier molecular flexibility index (Phi) is 3.89. The fourth-order valence-electron chi connectivity index (χ4n) is 4.50. The second-order valence-corrected chi connectivity index (χ2v) is 7.53. The van der Waals surface area contributed by atoms with E-state index in [1.54, 1.807) is 11.0 Å². The van der Waals surface area contributed by atoms with Crippen molar-refractivity contribution in [2.24, 2.45) is 11.8 Å². The van der Waals surface area contributed by atoms with Gasteiger partial charge < -0.3 is 9.32 Å². The molecule has 1 N–H and O–H groups in total. The monoisotopic (exact) mass is 322 g/mol. The number of nitrogens with one attached hydrogen (secondary N) is 1. The van der Waals surface area contributed by atoms with Crippen LogP contribution in [0.2, 0.25) is 0 Å². The summed E-state index contributed by atoms with van der Waals surface area (Å²) in [6.45, 7) is 7.92. The lowest BCUT2D eigenvalue weighted by Gasteiger charge is -2.32. The summed E-state index contributed by atoms with van der Waals surface area (Å²) >= 11 is 0. The summed E-state index contributed by atoms with van der Waals surface area (Å²) in [5, 5.41) is 3.47. The molecule has 2 heterocycles. The molecule has 0 amide bonds. The summed E-state index contributed by atoms with van der Waals surface area (Å²) in [5.74, 6) is 1.48. The summed E-state index contributed by atoms with van der Waals surface area (Å²) in [6, 6.07) is 14.0. The molecule has 1 aliphatic rings. The zero-order chi connectivity index (χ0) is 16.7. The molecule has 1 fully saturated rings. The van der Waals surface area contributed by atoms with Crippen molar-refractivity contribution in [3.63, 3.8) is 0 Å². The SMILES string of the molecule is C[C@@H]1C[C@@H](C)C[NH+](Cc2cc(=O)oc3ccc4ccccc4c23)C1. The van der Waals surface area contributed by atoms with Gasteiger partial charge in [-0.25, -0.2) is 4.79 Å². The first-order chi connectivity index (χ1) is 11.6. The molecular formula is C21H24NO2+. The van der Waals surface area contributed by atoms with Crippen LogP contribution in [0.5, 0.6) is 0 Å². The summed E-state index contributed by atoms with van der Waals surface area (Å²) in [7, 11) is 0. The van der Waals surface area contributed by atoms with Gasteiger partial charge in [-0.1, -0.05) is 44.2 Å². The van der Waals surface area contributed by atoms with E-state index in [1.165, 1.54) is 30.3 Å². The maximum atomic E-state index is 12.0. The van der Waals surface area contributed by atoms with Gasteiger partial charge in [-0.05, 0) is 23.3 Å². The van der Waals surface area contributed by atoms with Crippen LogP contribution in [-0.2, 0) is 6.54 Å². The van der Waals surface area contributed by atoms with Gasteiger partial charge in [0.15, 0.2) is 0 Å². The smallest absolute Gasteiger partial charge is 0.336 e. The lowest BCUT2D eigenvalue weighted by atomic mass is 9.91. The lowest BCUT2D eigenvalue weighted by Crippen LogP contribution is -3.13. The molecule has 2 atom stereocenters. The highest BCUT2D eigenvalue weighted by molar-refractivity contribution is 6.06. The average molecular weight is 322 g/mol. The largest absolute Gasteiger partial charge is 0.423 e. The van der Waals surface area contributed by atoms with E-state index in [0.29, 0.717) is 5.58 Å². The Labute approximate surface area is 141 Å². The van der Waals surface area contributed by atoms with E-state index in [9.17, 15) is 4.79 Å². The maximum absolute atomic E-state index is 12.0. The van der Waals surface area contributed by atoms with Gasteiger partial charge in [0.1, 0.15) is 12.1 Å². The van der Waals surface area contributed by atoms with Crippen molar-refractivity contribution in [1.82, 2.24) is 0 Å². The lowest BCUT2D eigenvalue weighted by molar-refractivity contribution is -0.925. The van der Waals surface area contributed by atoms with E-state index in [4.69, 9.17) is 4.42 Å². The Balaban J connectivity index is 1.84. The van der Waals surface area contributed by atoms with Crippen LogP contribution in [0.4, 0.5) is 0 Å². The van der Waals surface area contributed by atoms with Crippen LogP contribution < -0.4 is 10.5 Å². The fraction of sp³-hybridized carbons (Fsp3) is 0.381. The average Bonchev–Trinajstić information content (AvgIpc) is 2.53. The summed E-state index contributed by atoms with van der Waals surface area (Å²) in [6.07, 6.45) is 1.31. The zero-order valence-corrected chi connectivity index (χ0v) is 14.3. The predicted molar refractivity (Wildman–Crippen MR) is 97.3 cm³/mol. The number of quaternary nitrogens is 1. The van der Waals surface area contributed by atoms with Crippen molar-refractivity contribution in [3.8, 4) is 0 Å². The van der Waals surface area contributed by atoms with Crippen molar-refractivity contribution in [3.05, 3.63) is 58.4 Å². The maximum Gasteiger partial charge on any atom is 0.336 e. The molecular weight excluding hydrogens is 298 g/mol. The van der Waals surface area contributed by atoms with Crippen molar-refractivity contribution >= 4 is 21.7 Å². The highest BCUT2D eigenvalue weighted by Gasteiger charge is 2.26. The number of likely N-dealkylation sites (tertiary alicyclic amines) is 1. The third kappa shape index (κ3) is 2.84. The Bertz CT molecular complexity index is 933. The number of fused-ring (bicyclic) bond motifs is 3. The minimum Gasteiger partial charge on any atom is -0.423 e. The number of rotatable bonds is 2. The van der Waals surface area contributed by atoms with Crippen LogP contribution in [0.15, 0.2) is 51.7 Å². The van der Waals surface area contributed by atoms with Crippen molar-refractivity contribution < 1.29 is 9.32 Å².